The number of hydrogen-bond acceptors (Lipinski definition) is 1. The van der Waals surface area contributed by atoms with Crippen molar-refractivity contribution in [3.8, 4) is 0 Å². The Balaban J connectivity index is 1.89. The van der Waals surface area contributed by atoms with Gasteiger partial charge in [-0.25, -0.2) is 0 Å². The second-order valence-electron chi connectivity index (χ2n) is 7.16. The first kappa shape index (κ1) is 14.2. The smallest absolute Gasteiger partial charge is 0.225 e. The van der Waals surface area contributed by atoms with Crippen molar-refractivity contribution in [1.82, 2.24) is 9.88 Å². The van der Waals surface area contributed by atoms with Crippen LogP contribution in [0.4, 0.5) is 0 Å². The molecule has 3 rings (SSSR count). The summed E-state index contributed by atoms with van der Waals surface area (Å²) in [4.78, 5) is 12.2. The van der Waals surface area contributed by atoms with Crippen LogP contribution in [-0.2, 0) is 24.7 Å². The van der Waals surface area contributed by atoms with E-state index >= 15 is 0 Å². The van der Waals surface area contributed by atoms with Gasteiger partial charge in [-0.1, -0.05) is 39.0 Å². The second kappa shape index (κ2) is 4.90. The third kappa shape index (κ3) is 2.45. The van der Waals surface area contributed by atoms with Gasteiger partial charge in [-0.2, -0.15) is 0 Å². The average molecular weight is 284 g/mol. The summed E-state index contributed by atoms with van der Waals surface area (Å²) in [5.74, 6) is 0.149. The van der Waals surface area contributed by atoms with Gasteiger partial charge in [-0.05, 0) is 30.9 Å². The maximum Gasteiger partial charge on any atom is 0.225 e. The molecular formula is C18H24N2O. The van der Waals surface area contributed by atoms with Crippen LogP contribution in [0.1, 0.15) is 38.4 Å². The van der Waals surface area contributed by atoms with Crippen LogP contribution in [0.2, 0.25) is 0 Å². The lowest BCUT2D eigenvalue weighted by Gasteiger charge is -2.28. The SMILES string of the molecule is Cn1c2c(c3ccccc31)CC(NC(=O)C(C)(C)C)CC2. The van der Waals surface area contributed by atoms with E-state index in [1.807, 2.05) is 20.8 Å². The Morgan fingerprint density at radius 2 is 2.00 bits per heavy atom. The molecular weight excluding hydrogens is 260 g/mol. The number of amides is 1. The molecule has 1 heterocycles. The van der Waals surface area contributed by atoms with E-state index in [4.69, 9.17) is 0 Å². The van der Waals surface area contributed by atoms with Crippen molar-refractivity contribution in [3.63, 3.8) is 0 Å². The van der Waals surface area contributed by atoms with Gasteiger partial charge in [0.1, 0.15) is 0 Å². The van der Waals surface area contributed by atoms with Crippen LogP contribution >= 0.6 is 0 Å². The van der Waals surface area contributed by atoms with Gasteiger partial charge in [0, 0.05) is 35.1 Å². The minimum Gasteiger partial charge on any atom is -0.353 e. The van der Waals surface area contributed by atoms with E-state index in [0.29, 0.717) is 0 Å². The van der Waals surface area contributed by atoms with Crippen LogP contribution in [0.5, 0.6) is 0 Å². The summed E-state index contributed by atoms with van der Waals surface area (Å²) >= 11 is 0. The minimum absolute atomic E-state index is 0.149. The van der Waals surface area contributed by atoms with Gasteiger partial charge in [0.15, 0.2) is 0 Å². The quantitative estimate of drug-likeness (QED) is 0.857. The van der Waals surface area contributed by atoms with Gasteiger partial charge in [-0.3, -0.25) is 4.79 Å². The first-order chi connectivity index (χ1) is 9.88. The van der Waals surface area contributed by atoms with Gasteiger partial charge in [0.25, 0.3) is 0 Å². The Morgan fingerprint density at radius 1 is 1.29 bits per heavy atom. The monoisotopic (exact) mass is 284 g/mol. The lowest BCUT2D eigenvalue weighted by atomic mass is 9.89. The zero-order valence-corrected chi connectivity index (χ0v) is 13.4. The first-order valence-corrected chi connectivity index (χ1v) is 7.74. The zero-order valence-electron chi connectivity index (χ0n) is 13.4. The highest BCUT2D eigenvalue weighted by atomic mass is 16.2. The van der Waals surface area contributed by atoms with E-state index in [0.717, 1.165) is 19.3 Å². The molecule has 0 spiro atoms. The van der Waals surface area contributed by atoms with E-state index in [-0.39, 0.29) is 17.4 Å². The number of carbonyl (C=O) groups is 1. The Hall–Kier alpha value is -1.77. The lowest BCUT2D eigenvalue weighted by molar-refractivity contribution is -0.129. The van der Waals surface area contributed by atoms with Crippen molar-refractivity contribution in [2.45, 2.75) is 46.1 Å². The molecule has 1 amide bonds. The summed E-state index contributed by atoms with van der Waals surface area (Å²) in [5, 5.41) is 4.56. The van der Waals surface area contributed by atoms with Gasteiger partial charge in [0.2, 0.25) is 5.91 Å². The van der Waals surface area contributed by atoms with Gasteiger partial charge < -0.3 is 9.88 Å². The molecule has 0 aliphatic heterocycles. The van der Waals surface area contributed by atoms with Crippen molar-refractivity contribution in [2.75, 3.05) is 0 Å². The lowest BCUT2D eigenvalue weighted by Crippen LogP contribution is -2.44. The molecule has 2 aromatic rings. The third-order valence-electron chi connectivity index (χ3n) is 4.54. The number of aromatic nitrogens is 1. The molecule has 21 heavy (non-hydrogen) atoms. The van der Waals surface area contributed by atoms with Gasteiger partial charge >= 0.3 is 0 Å². The van der Waals surface area contributed by atoms with E-state index in [1.54, 1.807) is 0 Å². The molecule has 1 aromatic heterocycles. The van der Waals surface area contributed by atoms with E-state index in [2.05, 4.69) is 41.2 Å². The molecule has 0 bridgehead atoms. The molecule has 1 atom stereocenters. The van der Waals surface area contributed by atoms with Crippen LogP contribution in [0, 0.1) is 5.41 Å². The summed E-state index contributed by atoms with van der Waals surface area (Å²) < 4.78 is 2.31. The summed E-state index contributed by atoms with van der Waals surface area (Å²) in [6, 6.07) is 8.82. The fourth-order valence-electron chi connectivity index (χ4n) is 3.26. The maximum atomic E-state index is 12.2. The van der Waals surface area contributed by atoms with Crippen LogP contribution in [-0.4, -0.2) is 16.5 Å². The van der Waals surface area contributed by atoms with Crippen LogP contribution in [0.15, 0.2) is 24.3 Å². The second-order valence-corrected chi connectivity index (χ2v) is 7.16. The van der Waals surface area contributed by atoms with Crippen molar-refractivity contribution in [1.29, 1.82) is 0 Å². The molecule has 0 saturated carbocycles. The highest BCUT2D eigenvalue weighted by molar-refractivity contribution is 5.86. The number of nitrogens with one attached hydrogen (secondary N) is 1. The predicted octanol–water partition coefficient (Wildman–Crippen LogP) is 3.20. The standard InChI is InChI=1S/C18H24N2O/c1-18(2,3)17(21)19-12-9-10-16-14(11-12)13-7-5-6-8-15(13)20(16)4/h5-8,12H,9-11H2,1-4H3,(H,19,21). The van der Waals surface area contributed by atoms with Crippen molar-refractivity contribution >= 4 is 16.8 Å². The Kier molecular flexibility index (Phi) is 3.31. The van der Waals surface area contributed by atoms with E-state index in [9.17, 15) is 4.79 Å². The Morgan fingerprint density at radius 3 is 2.71 bits per heavy atom. The molecule has 0 radical (unpaired) electrons. The first-order valence-electron chi connectivity index (χ1n) is 7.74. The summed E-state index contributed by atoms with van der Waals surface area (Å²) in [6.07, 6.45) is 3.01. The van der Waals surface area contributed by atoms with E-state index < -0.39 is 0 Å². The average Bonchev–Trinajstić information content (AvgIpc) is 2.72. The predicted molar refractivity (Wildman–Crippen MR) is 86.3 cm³/mol. The topological polar surface area (TPSA) is 34.0 Å². The molecule has 3 nitrogen and oxygen atoms in total. The largest absolute Gasteiger partial charge is 0.353 e. The molecule has 1 unspecified atom stereocenters. The molecule has 1 aliphatic rings. The molecule has 0 fully saturated rings. The summed E-state index contributed by atoms with van der Waals surface area (Å²) in [7, 11) is 2.15. The third-order valence-corrected chi connectivity index (χ3v) is 4.54. The van der Waals surface area contributed by atoms with Crippen LogP contribution in [0.3, 0.4) is 0 Å². The molecule has 1 N–H and O–H groups in total. The number of aryl methyl sites for hydroxylation is 1. The number of hydrogen-bond donors (Lipinski definition) is 1. The zero-order chi connectivity index (χ0) is 15.2. The van der Waals surface area contributed by atoms with Gasteiger partial charge in [-0.15, -0.1) is 0 Å². The molecule has 0 saturated heterocycles. The molecule has 1 aliphatic carbocycles. The fourth-order valence-corrected chi connectivity index (χ4v) is 3.26. The highest BCUT2D eigenvalue weighted by Gasteiger charge is 2.28. The Bertz CT molecular complexity index is 691. The van der Waals surface area contributed by atoms with Crippen LogP contribution < -0.4 is 5.32 Å². The molecule has 3 heteroatoms. The highest BCUT2D eigenvalue weighted by Crippen LogP contribution is 2.31. The van der Waals surface area contributed by atoms with Crippen molar-refractivity contribution < 1.29 is 4.79 Å². The number of nitrogens with zero attached hydrogens (tertiary/aromatic N) is 1. The summed E-state index contributed by atoms with van der Waals surface area (Å²) in [5.41, 5.74) is 3.82. The number of rotatable bonds is 1. The van der Waals surface area contributed by atoms with Gasteiger partial charge in [0.05, 0.1) is 0 Å². The fraction of sp³-hybridized carbons (Fsp3) is 0.500. The van der Waals surface area contributed by atoms with Crippen LogP contribution in [0.25, 0.3) is 10.9 Å². The summed E-state index contributed by atoms with van der Waals surface area (Å²) in [6.45, 7) is 5.90. The number of para-hydroxylation sites is 1. The number of carbonyl (C=O) groups excluding carboxylic acids is 1. The van der Waals surface area contributed by atoms with Crippen molar-refractivity contribution in [2.24, 2.45) is 12.5 Å². The normalized spacial score (nSPS) is 18.6. The molecule has 1 aromatic carbocycles. The van der Waals surface area contributed by atoms with E-state index in [1.165, 1.54) is 22.2 Å². The minimum atomic E-state index is -0.320. The van der Waals surface area contributed by atoms with Crippen molar-refractivity contribution in [3.05, 3.63) is 35.5 Å². The number of benzene rings is 1. The molecule has 112 valence electrons. The number of fused-ring (bicyclic) bond motifs is 3. The Labute approximate surface area is 126 Å². The maximum absolute atomic E-state index is 12.2.